The van der Waals surface area contributed by atoms with Crippen LogP contribution in [0.15, 0.2) is 0 Å². The van der Waals surface area contributed by atoms with Gasteiger partial charge in [-0.1, -0.05) is 0 Å². The smallest absolute Gasteiger partial charge is 0.403 e. The standard InChI is InChI=1S/C10H16F3NO3/c1-6-4-7(2-3-17-6)14-5-8(9(15)16)10(11,12)13/h6-8,14H,2-5H2,1H3,(H,15,16). The number of carboxylic acid groups (broad SMARTS) is 1. The average Bonchev–Trinajstić information content (AvgIpc) is 2.15. The highest BCUT2D eigenvalue weighted by Crippen LogP contribution is 2.26. The van der Waals surface area contributed by atoms with Crippen molar-refractivity contribution in [2.45, 2.75) is 38.1 Å². The summed E-state index contributed by atoms with van der Waals surface area (Å²) in [6, 6.07) is -0.108. The lowest BCUT2D eigenvalue weighted by atomic mass is 10.0. The normalized spacial score (nSPS) is 27.8. The summed E-state index contributed by atoms with van der Waals surface area (Å²) < 4.78 is 42.3. The van der Waals surface area contributed by atoms with E-state index in [4.69, 9.17) is 9.84 Å². The van der Waals surface area contributed by atoms with Crippen molar-refractivity contribution < 1.29 is 27.8 Å². The van der Waals surface area contributed by atoms with Gasteiger partial charge in [0.2, 0.25) is 0 Å². The number of nitrogens with one attached hydrogen (secondary N) is 1. The number of carboxylic acids is 1. The monoisotopic (exact) mass is 255 g/mol. The molecule has 4 nitrogen and oxygen atoms in total. The minimum Gasteiger partial charge on any atom is -0.481 e. The van der Waals surface area contributed by atoms with Crippen molar-refractivity contribution in [1.82, 2.24) is 5.32 Å². The fourth-order valence-corrected chi connectivity index (χ4v) is 1.81. The van der Waals surface area contributed by atoms with Gasteiger partial charge in [-0.25, -0.2) is 0 Å². The molecule has 2 N–H and O–H groups in total. The maximum atomic E-state index is 12.4. The van der Waals surface area contributed by atoms with E-state index in [9.17, 15) is 18.0 Å². The maximum Gasteiger partial charge on any atom is 0.403 e. The third-order valence-electron chi connectivity index (χ3n) is 2.79. The highest BCUT2D eigenvalue weighted by Gasteiger charge is 2.45. The zero-order chi connectivity index (χ0) is 13.1. The largest absolute Gasteiger partial charge is 0.481 e. The molecule has 1 aliphatic rings. The van der Waals surface area contributed by atoms with Crippen LogP contribution in [0.1, 0.15) is 19.8 Å². The van der Waals surface area contributed by atoms with Gasteiger partial charge >= 0.3 is 12.1 Å². The topological polar surface area (TPSA) is 58.6 Å². The van der Waals surface area contributed by atoms with Crippen molar-refractivity contribution in [3.63, 3.8) is 0 Å². The quantitative estimate of drug-likeness (QED) is 0.797. The molecule has 100 valence electrons. The van der Waals surface area contributed by atoms with Crippen LogP contribution < -0.4 is 5.32 Å². The third kappa shape index (κ3) is 4.51. The summed E-state index contributed by atoms with van der Waals surface area (Å²) in [6.45, 7) is 1.74. The molecule has 1 rings (SSSR count). The van der Waals surface area contributed by atoms with Gasteiger partial charge in [-0.05, 0) is 19.8 Å². The molecule has 1 saturated heterocycles. The van der Waals surface area contributed by atoms with Crippen LogP contribution >= 0.6 is 0 Å². The summed E-state index contributed by atoms with van der Waals surface area (Å²) >= 11 is 0. The van der Waals surface area contributed by atoms with Gasteiger partial charge in [0.15, 0.2) is 5.92 Å². The highest BCUT2D eigenvalue weighted by molar-refractivity contribution is 5.71. The Bertz CT molecular complexity index is 270. The van der Waals surface area contributed by atoms with Crippen LogP contribution in [-0.2, 0) is 9.53 Å². The van der Waals surface area contributed by atoms with Crippen molar-refractivity contribution in [3.05, 3.63) is 0 Å². The molecular formula is C10H16F3NO3. The van der Waals surface area contributed by atoms with Crippen molar-refractivity contribution in [1.29, 1.82) is 0 Å². The van der Waals surface area contributed by atoms with E-state index in [0.29, 0.717) is 19.4 Å². The molecule has 0 saturated carbocycles. The lowest BCUT2D eigenvalue weighted by Gasteiger charge is -2.29. The van der Waals surface area contributed by atoms with Crippen LogP contribution in [0, 0.1) is 5.92 Å². The SMILES string of the molecule is CC1CC(NCC(C(=O)O)C(F)(F)F)CCO1. The number of carbonyl (C=O) groups is 1. The number of alkyl halides is 3. The maximum absolute atomic E-state index is 12.4. The van der Waals surface area contributed by atoms with E-state index >= 15 is 0 Å². The summed E-state index contributed by atoms with van der Waals surface area (Å²) in [5, 5.41) is 11.2. The van der Waals surface area contributed by atoms with Crippen LogP contribution in [0.25, 0.3) is 0 Å². The third-order valence-corrected chi connectivity index (χ3v) is 2.79. The minimum atomic E-state index is -4.71. The molecule has 0 aromatic heterocycles. The highest BCUT2D eigenvalue weighted by atomic mass is 19.4. The second kappa shape index (κ2) is 5.68. The van der Waals surface area contributed by atoms with Gasteiger partial charge in [0.25, 0.3) is 0 Å². The molecule has 3 atom stereocenters. The summed E-state index contributed by atoms with van der Waals surface area (Å²) in [7, 11) is 0. The Morgan fingerprint density at radius 3 is 2.71 bits per heavy atom. The number of halogens is 3. The molecule has 1 fully saturated rings. The first kappa shape index (κ1) is 14.2. The Labute approximate surface area is 97.1 Å². The molecule has 0 amide bonds. The fourth-order valence-electron chi connectivity index (χ4n) is 1.81. The number of ether oxygens (including phenoxy) is 1. The number of hydrogen-bond acceptors (Lipinski definition) is 3. The van der Waals surface area contributed by atoms with Crippen molar-refractivity contribution >= 4 is 5.97 Å². The van der Waals surface area contributed by atoms with Crippen molar-refractivity contribution in [2.24, 2.45) is 5.92 Å². The van der Waals surface area contributed by atoms with Gasteiger partial charge in [0.1, 0.15) is 0 Å². The number of aliphatic carboxylic acids is 1. The van der Waals surface area contributed by atoms with E-state index in [2.05, 4.69) is 5.32 Å². The lowest BCUT2D eigenvalue weighted by Crippen LogP contribution is -2.45. The Morgan fingerprint density at radius 1 is 1.59 bits per heavy atom. The Balaban J connectivity index is 2.44. The van der Waals surface area contributed by atoms with E-state index in [-0.39, 0.29) is 12.1 Å². The van der Waals surface area contributed by atoms with Crippen molar-refractivity contribution in [3.8, 4) is 0 Å². The van der Waals surface area contributed by atoms with Gasteiger partial charge in [-0.15, -0.1) is 0 Å². The zero-order valence-corrected chi connectivity index (χ0v) is 9.46. The zero-order valence-electron chi connectivity index (χ0n) is 9.46. The van der Waals surface area contributed by atoms with E-state index in [1.807, 2.05) is 6.92 Å². The summed E-state index contributed by atoms with van der Waals surface area (Å²) in [5.41, 5.74) is 0. The van der Waals surface area contributed by atoms with Crippen LogP contribution in [0.5, 0.6) is 0 Å². The summed E-state index contributed by atoms with van der Waals surface area (Å²) in [6.07, 6.45) is -3.51. The Kier molecular flexibility index (Phi) is 4.76. The van der Waals surface area contributed by atoms with E-state index in [0.717, 1.165) is 0 Å². The lowest BCUT2D eigenvalue weighted by molar-refractivity contribution is -0.192. The fraction of sp³-hybridized carbons (Fsp3) is 0.900. The van der Waals surface area contributed by atoms with Crippen LogP contribution in [0.3, 0.4) is 0 Å². The first-order valence-electron chi connectivity index (χ1n) is 5.45. The molecule has 0 spiro atoms. The molecule has 0 aliphatic carbocycles. The van der Waals surface area contributed by atoms with Crippen molar-refractivity contribution in [2.75, 3.05) is 13.2 Å². The molecule has 7 heteroatoms. The van der Waals surface area contributed by atoms with E-state index < -0.39 is 24.6 Å². The molecule has 17 heavy (non-hydrogen) atoms. The van der Waals surface area contributed by atoms with E-state index in [1.54, 1.807) is 0 Å². The molecule has 0 radical (unpaired) electrons. The van der Waals surface area contributed by atoms with Gasteiger partial charge in [0.05, 0.1) is 6.10 Å². The molecule has 3 unspecified atom stereocenters. The van der Waals surface area contributed by atoms with E-state index in [1.165, 1.54) is 0 Å². The van der Waals surface area contributed by atoms with Gasteiger partial charge in [-0.3, -0.25) is 4.79 Å². The molecule has 0 aromatic rings. The van der Waals surface area contributed by atoms with Crippen LogP contribution in [-0.4, -0.2) is 42.5 Å². The first-order valence-corrected chi connectivity index (χ1v) is 5.45. The van der Waals surface area contributed by atoms with Crippen LogP contribution in [0.2, 0.25) is 0 Å². The molecule has 1 heterocycles. The molecule has 0 aromatic carbocycles. The Morgan fingerprint density at radius 2 is 2.24 bits per heavy atom. The first-order chi connectivity index (χ1) is 7.80. The second-order valence-electron chi connectivity index (χ2n) is 4.24. The summed E-state index contributed by atoms with van der Waals surface area (Å²) in [5.74, 6) is -4.19. The number of hydrogen-bond donors (Lipinski definition) is 2. The predicted octanol–water partition coefficient (Wildman–Crippen LogP) is 1.41. The average molecular weight is 255 g/mol. The van der Waals surface area contributed by atoms with Gasteiger partial charge < -0.3 is 15.2 Å². The van der Waals surface area contributed by atoms with Crippen LogP contribution in [0.4, 0.5) is 13.2 Å². The Hall–Kier alpha value is -0.820. The van der Waals surface area contributed by atoms with Gasteiger partial charge in [-0.2, -0.15) is 13.2 Å². The second-order valence-corrected chi connectivity index (χ2v) is 4.24. The molecular weight excluding hydrogens is 239 g/mol. The number of rotatable bonds is 4. The minimum absolute atomic E-state index is 0.00425. The predicted molar refractivity (Wildman–Crippen MR) is 53.6 cm³/mol. The molecule has 0 bridgehead atoms. The summed E-state index contributed by atoms with van der Waals surface area (Å²) in [4.78, 5) is 10.5. The molecule has 1 aliphatic heterocycles. The van der Waals surface area contributed by atoms with Gasteiger partial charge in [0, 0.05) is 19.2 Å².